The first-order valence-electron chi connectivity index (χ1n) is 6.22. The third kappa shape index (κ3) is 2.85. The van der Waals surface area contributed by atoms with Crippen molar-refractivity contribution in [2.45, 2.75) is 26.2 Å². The lowest BCUT2D eigenvalue weighted by molar-refractivity contribution is 0.0663. The molecule has 2 rings (SSSR count). The zero-order valence-electron chi connectivity index (χ0n) is 10.3. The van der Waals surface area contributed by atoms with Gasteiger partial charge >= 0.3 is 0 Å². The van der Waals surface area contributed by atoms with Crippen LogP contribution < -0.4 is 5.73 Å². The molecule has 0 bridgehead atoms. The highest BCUT2D eigenvalue weighted by atomic mass is 16.2. The van der Waals surface area contributed by atoms with Gasteiger partial charge in [-0.3, -0.25) is 9.89 Å². The fourth-order valence-electron chi connectivity index (χ4n) is 2.41. The van der Waals surface area contributed by atoms with Crippen molar-refractivity contribution < 1.29 is 4.79 Å². The Morgan fingerprint density at radius 1 is 1.71 bits per heavy atom. The molecule has 1 unspecified atom stereocenters. The highest BCUT2D eigenvalue weighted by molar-refractivity contribution is 5.92. The smallest absolute Gasteiger partial charge is 0.274 e. The molecule has 2 heterocycles. The van der Waals surface area contributed by atoms with Crippen molar-refractivity contribution in [3.63, 3.8) is 0 Å². The van der Waals surface area contributed by atoms with Crippen molar-refractivity contribution in [1.82, 2.24) is 15.1 Å². The number of nitrogens with two attached hydrogens (primary N) is 1. The molecular formula is C12H20N4O. The first kappa shape index (κ1) is 12.1. The minimum absolute atomic E-state index is 0.0380. The van der Waals surface area contributed by atoms with Gasteiger partial charge in [-0.05, 0) is 44.7 Å². The Morgan fingerprint density at radius 2 is 2.53 bits per heavy atom. The molecule has 0 aromatic carbocycles. The molecule has 3 N–H and O–H groups in total. The highest BCUT2D eigenvalue weighted by Crippen LogP contribution is 2.20. The maximum atomic E-state index is 12.2. The predicted molar refractivity (Wildman–Crippen MR) is 65.6 cm³/mol. The van der Waals surface area contributed by atoms with E-state index < -0.39 is 0 Å². The van der Waals surface area contributed by atoms with E-state index in [-0.39, 0.29) is 5.91 Å². The number of nitrogens with zero attached hydrogens (tertiary/aromatic N) is 2. The van der Waals surface area contributed by atoms with Crippen molar-refractivity contribution in [1.29, 1.82) is 0 Å². The molecule has 5 nitrogen and oxygen atoms in total. The van der Waals surface area contributed by atoms with E-state index in [4.69, 9.17) is 5.73 Å². The summed E-state index contributed by atoms with van der Waals surface area (Å²) in [5.74, 6) is 0.591. The van der Waals surface area contributed by atoms with Gasteiger partial charge in [0.25, 0.3) is 5.91 Å². The number of hydrogen-bond acceptors (Lipinski definition) is 3. The summed E-state index contributed by atoms with van der Waals surface area (Å²) >= 11 is 0. The molecule has 1 aliphatic heterocycles. The van der Waals surface area contributed by atoms with Gasteiger partial charge in [0.15, 0.2) is 0 Å². The summed E-state index contributed by atoms with van der Waals surface area (Å²) in [5, 5.41) is 6.83. The molecule has 1 aromatic rings. The molecule has 0 aliphatic carbocycles. The summed E-state index contributed by atoms with van der Waals surface area (Å²) < 4.78 is 0. The number of nitrogens with one attached hydrogen (secondary N) is 1. The number of carbonyl (C=O) groups excluding carboxylic acids is 1. The third-order valence-corrected chi connectivity index (χ3v) is 3.31. The molecule has 1 atom stereocenters. The quantitative estimate of drug-likeness (QED) is 0.819. The van der Waals surface area contributed by atoms with Crippen LogP contribution in [0.25, 0.3) is 0 Å². The maximum absolute atomic E-state index is 12.2. The normalized spacial score (nSPS) is 20.6. The van der Waals surface area contributed by atoms with Crippen LogP contribution in [0.4, 0.5) is 0 Å². The highest BCUT2D eigenvalue weighted by Gasteiger charge is 2.25. The van der Waals surface area contributed by atoms with Crippen LogP contribution >= 0.6 is 0 Å². The molecule has 0 saturated carbocycles. The predicted octanol–water partition coefficient (Wildman–Crippen LogP) is 0.919. The lowest BCUT2D eigenvalue weighted by Gasteiger charge is -2.32. The van der Waals surface area contributed by atoms with Crippen LogP contribution in [0.1, 0.15) is 35.4 Å². The number of rotatable bonds is 3. The van der Waals surface area contributed by atoms with Crippen molar-refractivity contribution in [2.75, 3.05) is 19.6 Å². The van der Waals surface area contributed by atoms with E-state index in [9.17, 15) is 4.79 Å². The molecule has 94 valence electrons. The van der Waals surface area contributed by atoms with Crippen LogP contribution in [0.5, 0.6) is 0 Å². The number of piperidine rings is 1. The number of aromatic nitrogens is 2. The standard InChI is InChI=1S/C12H20N4O/c1-9-7-11(15-14-9)12(17)16-6-2-3-10(8-16)4-5-13/h7,10H,2-6,8,13H2,1H3,(H,14,15). The van der Waals surface area contributed by atoms with Gasteiger partial charge in [0.2, 0.25) is 0 Å². The van der Waals surface area contributed by atoms with Gasteiger partial charge in [-0.25, -0.2) is 0 Å². The van der Waals surface area contributed by atoms with Crippen LogP contribution in [-0.4, -0.2) is 40.6 Å². The SMILES string of the molecule is Cc1cc(C(=O)N2CCCC(CCN)C2)n[nH]1. The Bertz CT molecular complexity index is 386. The van der Waals surface area contributed by atoms with E-state index in [1.807, 2.05) is 11.8 Å². The molecular weight excluding hydrogens is 216 g/mol. The van der Waals surface area contributed by atoms with E-state index in [0.29, 0.717) is 18.2 Å². The van der Waals surface area contributed by atoms with Gasteiger partial charge in [-0.15, -0.1) is 0 Å². The van der Waals surface area contributed by atoms with E-state index in [1.54, 1.807) is 6.07 Å². The Hall–Kier alpha value is -1.36. The Kier molecular flexibility index (Phi) is 3.78. The average Bonchev–Trinajstić information content (AvgIpc) is 2.76. The zero-order valence-corrected chi connectivity index (χ0v) is 10.3. The van der Waals surface area contributed by atoms with Crippen LogP contribution in [0.15, 0.2) is 6.07 Å². The molecule has 17 heavy (non-hydrogen) atoms. The number of H-pyrrole nitrogens is 1. The van der Waals surface area contributed by atoms with Crippen LogP contribution in [0.2, 0.25) is 0 Å². The Labute approximate surface area is 101 Å². The van der Waals surface area contributed by atoms with Crippen molar-refractivity contribution in [2.24, 2.45) is 11.7 Å². The fraction of sp³-hybridized carbons (Fsp3) is 0.667. The Balaban J connectivity index is 1.99. The van der Waals surface area contributed by atoms with Crippen LogP contribution in [0, 0.1) is 12.8 Å². The summed E-state index contributed by atoms with van der Waals surface area (Å²) in [7, 11) is 0. The monoisotopic (exact) mass is 236 g/mol. The minimum atomic E-state index is 0.0380. The largest absolute Gasteiger partial charge is 0.337 e. The topological polar surface area (TPSA) is 75.0 Å². The van der Waals surface area contributed by atoms with Crippen molar-refractivity contribution in [3.8, 4) is 0 Å². The van der Waals surface area contributed by atoms with Gasteiger partial charge in [0.1, 0.15) is 5.69 Å². The maximum Gasteiger partial charge on any atom is 0.274 e. The molecule has 0 radical (unpaired) electrons. The van der Waals surface area contributed by atoms with Crippen LogP contribution in [0.3, 0.4) is 0 Å². The number of hydrogen-bond donors (Lipinski definition) is 2. The van der Waals surface area contributed by atoms with Gasteiger partial charge in [0, 0.05) is 18.8 Å². The molecule has 1 aliphatic rings. The molecule has 1 fully saturated rings. The summed E-state index contributed by atoms with van der Waals surface area (Å²) in [6.45, 7) is 4.26. The van der Waals surface area contributed by atoms with Crippen molar-refractivity contribution >= 4 is 5.91 Å². The number of likely N-dealkylation sites (tertiary alicyclic amines) is 1. The molecule has 1 aromatic heterocycles. The third-order valence-electron chi connectivity index (χ3n) is 3.31. The van der Waals surface area contributed by atoms with Crippen molar-refractivity contribution in [3.05, 3.63) is 17.5 Å². The van der Waals surface area contributed by atoms with Gasteiger partial charge in [-0.1, -0.05) is 0 Å². The zero-order chi connectivity index (χ0) is 12.3. The summed E-state index contributed by atoms with van der Waals surface area (Å²) in [6.07, 6.45) is 3.25. The number of aromatic amines is 1. The number of aryl methyl sites for hydroxylation is 1. The van der Waals surface area contributed by atoms with E-state index in [2.05, 4.69) is 10.2 Å². The second kappa shape index (κ2) is 5.31. The number of amides is 1. The number of carbonyl (C=O) groups is 1. The van der Waals surface area contributed by atoms with E-state index >= 15 is 0 Å². The average molecular weight is 236 g/mol. The van der Waals surface area contributed by atoms with Gasteiger partial charge in [-0.2, -0.15) is 5.10 Å². The lowest BCUT2D eigenvalue weighted by Crippen LogP contribution is -2.40. The summed E-state index contributed by atoms with van der Waals surface area (Å²) in [6, 6.07) is 1.80. The van der Waals surface area contributed by atoms with E-state index in [1.165, 1.54) is 6.42 Å². The molecule has 1 saturated heterocycles. The van der Waals surface area contributed by atoms with Gasteiger partial charge in [0.05, 0.1) is 0 Å². The first-order chi connectivity index (χ1) is 8.20. The minimum Gasteiger partial charge on any atom is -0.337 e. The first-order valence-corrected chi connectivity index (χ1v) is 6.22. The van der Waals surface area contributed by atoms with E-state index in [0.717, 1.165) is 31.6 Å². The van der Waals surface area contributed by atoms with Gasteiger partial charge < -0.3 is 10.6 Å². The summed E-state index contributed by atoms with van der Waals surface area (Å²) in [5.41, 5.74) is 7.02. The van der Waals surface area contributed by atoms with Crippen LogP contribution in [-0.2, 0) is 0 Å². The lowest BCUT2D eigenvalue weighted by atomic mass is 9.94. The molecule has 5 heteroatoms. The molecule has 1 amide bonds. The second-order valence-corrected chi connectivity index (χ2v) is 4.77. The second-order valence-electron chi connectivity index (χ2n) is 4.77. The molecule has 0 spiro atoms. The fourth-order valence-corrected chi connectivity index (χ4v) is 2.41. The Morgan fingerprint density at radius 3 is 3.18 bits per heavy atom. The summed E-state index contributed by atoms with van der Waals surface area (Å²) in [4.78, 5) is 14.1.